The molecule has 1 atom stereocenters. The Balaban J connectivity index is 2.81. The van der Waals surface area contributed by atoms with Crippen molar-refractivity contribution in [2.75, 3.05) is 0 Å². The van der Waals surface area contributed by atoms with Crippen LogP contribution in [0, 0.1) is 10.2 Å². The van der Waals surface area contributed by atoms with Crippen molar-refractivity contribution < 1.29 is 28.0 Å². The molecule has 0 fully saturated rings. The Hall–Kier alpha value is 0.440. The zero-order valence-electron chi connectivity index (χ0n) is 8.53. The van der Waals surface area contributed by atoms with Gasteiger partial charge in [-0.05, 0) is 34.6 Å². The summed E-state index contributed by atoms with van der Waals surface area (Å²) in [4.78, 5) is 0.955. The quantitative estimate of drug-likeness (QED) is 0.520. The molecular formula is C8H13ClO4S2. The Morgan fingerprint density at radius 1 is 1.40 bits per heavy atom. The number of rotatable bonds is 5. The van der Waals surface area contributed by atoms with Gasteiger partial charge >= 0.3 is 0 Å². The van der Waals surface area contributed by atoms with E-state index in [2.05, 4.69) is 3.74 Å². The molecule has 1 aliphatic heterocycles. The van der Waals surface area contributed by atoms with Gasteiger partial charge in [-0.2, -0.15) is 14.0 Å². The van der Waals surface area contributed by atoms with E-state index >= 15 is 0 Å². The first-order valence-electron chi connectivity index (χ1n) is 4.55. The molecule has 0 N–H and O–H groups in total. The minimum Gasteiger partial charge on any atom is -0.182 e. The normalized spacial score (nSPS) is 22.1. The molecule has 0 amide bonds. The fraction of sp³-hybridized carbons (Fsp3) is 0.625. The van der Waals surface area contributed by atoms with Gasteiger partial charge in [-0.15, -0.1) is 0 Å². The van der Waals surface area contributed by atoms with Crippen molar-refractivity contribution in [3.8, 4) is 0 Å². The summed E-state index contributed by atoms with van der Waals surface area (Å²) >= 11 is 0. The molecule has 1 aliphatic rings. The summed E-state index contributed by atoms with van der Waals surface area (Å²) in [6.07, 6.45) is 2.53. The van der Waals surface area contributed by atoms with Crippen molar-refractivity contribution in [3.05, 3.63) is 11.0 Å². The molecule has 7 heteroatoms. The van der Waals surface area contributed by atoms with Crippen molar-refractivity contribution in [1.29, 1.82) is 0 Å². The maximum atomic E-state index is 10.5. The highest BCUT2D eigenvalue weighted by Gasteiger charge is 2.29. The summed E-state index contributed by atoms with van der Waals surface area (Å²) in [6.45, 7) is 4.01. The maximum Gasteiger partial charge on any atom is 0.175 e. The van der Waals surface area contributed by atoms with Crippen LogP contribution in [-0.4, -0.2) is 4.86 Å². The number of hydrogen-bond donors (Lipinski definition) is 0. The number of halogens is 1. The van der Waals surface area contributed by atoms with Crippen LogP contribution in [0.5, 0.6) is 0 Å². The molecule has 0 radical (unpaired) electrons. The van der Waals surface area contributed by atoms with Crippen LogP contribution in [0.25, 0.3) is 0 Å². The van der Waals surface area contributed by atoms with Crippen LogP contribution in [0.2, 0.25) is 0 Å². The SMILES string of the molecule is CCCC1=S(O[Cl+3]([O-])([O-])[O-])SC=C1CC. The van der Waals surface area contributed by atoms with E-state index in [4.69, 9.17) is 0 Å². The zero-order valence-corrected chi connectivity index (χ0v) is 10.9. The molecule has 1 heterocycles. The Bertz CT molecular complexity index is 296. The Morgan fingerprint density at radius 2 is 2.07 bits per heavy atom. The van der Waals surface area contributed by atoms with E-state index in [1.54, 1.807) is 0 Å². The van der Waals surface area contributed by atoms with Crippen molar-refractivity contribution in [3.63, 3.8) is 0 Å². The third kappa shape index (κ3) is 4.07. The van der Waals surface area contributed by atoms with Gasteiger partial charge in [0.1, 0.15) is 3.74 Å². The van der Waals surface area contributed by atoms with Gasteiger partial charge in [0.15, 0.2) is 9.80 Å². The fourth-order valence-corrected chi connectivity index (χ4v) is 6.05. The van der Waals surface area contributed by atoms with Gasteiger partial charge in [0, 0.05) is 4.86 Å². The van der Waals surface area contributed by atoms with Crippen molar-refractivity contribution in [2.45, 2.75) is 33.1 Å². The van der Waals surface area contributed by atoms with Gasteiger partial charge in [-0.3, -0.25) is 0 Å². The van der Waals surface area contributed by atoms with E-state index in [0.29, 0.717) is 0 Å². The minimum atomic E-state index is -4.33. The first kappa shape index (κ1) is 13.5. The van der Waals surface area contributed by atoms with E-state index in [0.717, 1.165) is 29.7 Å². The van der Waals surface area contributed by atoms with Crippen LogP contribution in [0.3, 0.4) is 0 Å². The minimum absolute atomic E-state index is 0.779. The molecule has 15 heavy (non-hydrogen) atoms. The second-order valence-corrected chi connectivity index (χ2v) is 7.08. The van der Waals surface area contributed by atoms with Crippen molar-refractivity contribution in [2.24, 2.45) is 0 Å². The van der Waals surface area contributed by atoms with Crippen molar-refractivity contribution in [1.82, 2.24) is 0 Å². The van der Waals surface area contributed by atoms with E-state index < -0.39 is 20.0 Å². The Morgan fingerprint density at radius 3 is 2.53 bits per heavy atom. The van der Waals surface area contributed by atoms with Crippen molar-refractivity contribution >= 4 is 25.5 Å². The summed E-state index contributed by atoms with van der Waals surface area (Å²) in [5.41, 5.74) is 1.10. The first-order valence-corrected chi connectivity index (χ1v) is 8.33. The lowest BCUT2D eigenvalue weighted by atomic mass is 10.1. The second kappa shape index (κ2) is 5.67. The van der Waals surface area contributed by atoms with Gasteiger partial charge in [0.25, 0.3) is 0 Å². The van der Waals surface area contributed by atoms with Gasteiger partial charge < -0.3 is 0 Å². The largest absolute Gasteiger partial charge is 0.182 e. The van der Waals surface area contributed by atoms with E-state index in [1.807, 2.05) is 19.3 Å². The van der Waals surface area contributed by atoms with E-state index in [1.165, 1.54) is 10.8 Å². The van der Waals surface area contributed by atoms with Crippen LogP contribution in [0.4, 0.5) is 0 Å². The lowest BCUT2D eigenvalue weighted by Crippen LogP contribution is -2.60. The summed E-state index contributed by atoms with van der Waals surface area (Å²) in [5, 5.41) is 1.88. The molecule has 88 valence electrons. The Labute approximate surface area is 97.6 Å². The molecule has 0 spiro atoms. The molecule has 0 aromatic heterocycles. The number of allylic oxidation sites excluding steroid dienone is 1. The highest BCUT2D eigenvalue weighted by molar-refractivity contribution is 8.83. The highest BCUT2D eigenvalue weighted by Crippen LogP contribution is 2.45. The average molecular weight is 273 g/mol. The second-order valence-electron chi connectivity index (χ2n) is 2.94. The molecule has 1 unspecified atom stereocenters. The highest BCUT2D eigenvalue weighted by atomic mass is 35.7. The van der Waals surface area contributed by atoms with Gasteiger partial charge in [0.2, 0.25) is 0 Å². The lowest BCUT2D eigenvalue weighted by Gasteiger charge is -2.13. The Kier molecular flexibility index (Phi) is 5.11. The topological polar surface area (TPSA) is 78.4 Å². The maximum absolute atomic E-state index is 10.5. The third-order valence-electron chi connectivity index (χ3n) is 1.83. The predicted molar refractivity (Wildman–Crippen MR) is 54.6 cm³/mol. The summed E-state index contributed by atoms with van der Waals surface area (Å²) in [6, 6.07) is 0. The molecular weight excluding hydrogens is 260 g/mol. The lowest BCUT2D eigenvalue weighted by molar-refractivity contribution is -1.91. The van der Waals surface area contributed by atoms with Gasteiger partial charge in [-0.25, -0.2) is 0 Å². The van der Waals surface area contributed by atoms with Crippen LogP contribution in [-0.2, 0) is 3.74 Å². The fourth-order valence-electron chi connectivity index (χ4n) is 1.21. The molecule has 0 saturated heterocycles. The first-order chi connectivity index (χ1) is 6.98. The van der Waals surface area contributed by atoms with E-state index in [9.17, 15) is 14.0 Å². The van der Waals surface area contributed by atoms with Gasteiger partial charge in [-0.1, -0.05) is 20.3 Å². The summed E-state index contributed by atoms with van der Waals surface area (Å²) < 4.78 is 35.9. The van der Waals surface area contributed by atoms with Crippen LogP contribution in [0.1, 0.15) is 33.1 Å². The van der Waals surface area contributed by atoms with Crippen LogP contribution < -0.4 is 14.0 Å². The summed E-state index contributed by atoms with van der Waals surface area (Å²) in [7, 11) is -4.00. The van der Waals surface area contributed by atoms with Crippen LogP contribution in [0.15, 0.2) is 11.0 Å². The summed E-state index contributed by atoms with van der Waals surface area (Å²) in [5.74, 6) is 0. The van der Waals surface area contributed by atoms with Gasteiger partial charge in [0.05, 0.1) is 10.2 Å². The molecule has 0 aromatic rings. The third-order valence-corrected chi connectivity index (χ3v) is 6.21. The standard InChI is InChI=1S/C8H13ClO4S2/c1-3-5-8-7(4-2)6-14-15(8)13-9(10,11)12/h6H,3-5H2,1-2H3. The van der Waals surface area contributed by atoms with Crippen LogP contribution >= 0.6 is 20.6 Å². The average Bonchev–Trinajstić information content (AvgIpc) is 2.47. The molecule has 0 saturated carbocycles. The smallest absolute Gasteiger partial charge is 0.175 e. The molecule has 0 aliphatic carbocycles. The van der Waals surface area contributed by atoms with E-state index in [-0.39, 0.29) is 0 Å². The molecule has 0 aromatic carbocycles. The molecule has 4 nitrogen and oxygen atoms in total. The predicted octanol–water partition coefficient (Wildman–Crippen LogP) is 0.0124. The molecule has 0 bridgehead atoms. The monoisotopic (exact) mass is 272 g/mol. The zero-order chi connectivity index (χ0) is 11.5. The molecule has 1 rings (SSSR count). The number of hydrogen-bond acceptors (Lipinski definition) is 5.